The maximum absolute atomic E-state index is 11.9. The van der Waals surface area contributed by atoms with E-state index >= 15 is 0 Å². The molecule has 0 spiro atoms. The number of carboxylic acids is 1. The van der Waals surface area contributed by atoms with Crippen LogP contribution < -0.4 is 5.32 Å². The van der Waals surface area contributed by atoms with E-state index in [1.165, 1.54) is 0 Å². The predicted octanol–water partition coefficient (Wildman–Crippen LogP) is 0.517. The Morgan fingerprint density at radius 2 is 1.89 bits per heavy atom. The van der Waals surface area contributed by atoms with Gasteiger partial charge in [-0.3, -0.25) is 9.59 Å². The van der Waals surface area contributed by atoms with E-state index in [1.807, 2.05) is 0 Å². The molecule has 3 N–H and O–H groups in total. The van der Waals surface area contributed by atoms with Crippen LogP contribution in [-0.4, -0.2) is 33.7 Å². The molecule has 1 amide bonds. The summed E-state index contributed by atoms with van der Waals surface area (Å²) in [4.78, 5) is 22.8. The van der Waals surface area contributed by atoms with Crippen molar-refractivity contribution in [2.24, 2.45) is 17.8 Å². The van der Waals surface area contributed by atoms with Crippen LogP contribution in [0.3, 0.4) is 0 Å². The number of carbonyl (C=O) groups excluding carboxylic acids is 1. The lowest BCUT2D eigenvalue weighted by Crippen LogP contribution is -2.59. The predicted molar refractivity (Wildman–Crippen MR) is 62.7 cm³/mol. The first-order valence-electron chi connectivity index (χ1n) is 6.76. The number of amides is 1. The molecule has 3 aliphatic rings. The lowest BCUT2D eigenvalue weighted by Gasteiger charge is -2.44. The van der Waals surface area contributed by atoms with Gasteiger partial charge in [0.15, 0.2) is 0 Å². The van der Waals surface area contributed by atoms with Crippen LogP contribution in [0.15, 0.2) is 0 Å². The Morgan fingerprint density at radius 3 is 2.44 bits per heavy atom. The molecule has 4 atom stereocenters. The minimum Gasteiger partial charge on any atom is -0.481 e. The number of hydrogen-bond acceptors (Lipinski definition) is 3. The van der Waals surface area contributed by atoms with Crippen LogP contribution in [0.1, 0.15) is 38.5 Å². The second-order valence-electron chi connectivity index (χ2n) is 6.13. The first-order chi connectivity index (χ1) is 8.49. The molecule has 0 radical (unpaired) electrons. The van der Waals surface area contributed by atoms with Crippen LogP contribution in [0, 0.1) is 17.8 Å². The van der Waals surface area contributed by atoms with E-state index < -0.39 is 11.6 Å². The first-order valence-corrected chi connectivity index (χ1v) is 6.76. The average molecular weight is 253 g/mol. The molecule has 3 aliphatic carbocycles. The molecule has 3 fully saturated rings. The molecule has 5 heteroatoms. The zero-order valence-corrected chi connectivity index (χ0v) is 10.3. The molecule has 0 aromatic carbocycles. The van der Waals surface area contributed by atoms with Crippen molar-refractivity contribution >= 4 is 11.9 Å². The molecule has 0 aromatic rings. The highest BCUT2D eigenvalue weighted by molar-refractivity contribution is 5.86. The maximum atomic E-state index is 11.9. The molecule has 0 bridgehead atoms. The van der Waals surface area contributed by atoms with Gasteiger partial charge in [0, 0.05) is 6.04 Å². The van der Waals surface area contributed by atoms with Crippen LogP contribution in [0.25, 0.3) is 0 Å². The highest BCUT2D eigenvalue weighted by Gasteiger charge is 2.52. The topological polar surface area (TPSA) is 86.6 Å². The maximum Gasteiger partial charge on any atom is 0.306 e. The van der Waals surface area contributed by atoms with Gasteiger partial charge in [0.1, 0.15) is 5.60 Å². The monoisotopic (exact) mass is 253 g/mol. The summed E-state index contributed by atoms with van der Waals surface area (Å²) in [6.45, 7) is 0. The van der Waals surface area contributed by atoms with Gasteiger partial charge in [0.2, 0.25) is 0 Å². The number of carbonyl (C=O) groups is 2. The van der Waals surface area contributed by atoms with Crippen molar-refractivity contribution in [2.75, 3.05) is 0 Å². The van der Waals surface area contributed by atoms with Gasteiger partial charge >= 0.3 is 5.97 Å². The summed E-state index contributed by atoms with van der Waals surface area (Å²) in [5.74, 6) is -0.456. The fourth-order valence-electron chi connectivity index (χ4n) is 3.64. The zero-order chi connectivity index (χ0) is 12.9. The van der Waals surface area contributed by atoms with Crippen molar-refractivity contribution in [1.29, 1.82) is 0 Å². The number of rotatable bonds is 3. The minimum atomic E-state index is -1.14. The van der Waals surface area contributed by atoms with Gasteiger partial charge in [0.25, 0.3) is 5.91 Å². The second-order valence-corrected chi connectivity index (χ2v) is 6.13. The molecule has 0 aromatic heterocycles. The summed E-state index contributed by atoms with van der Waals surface area (Å²) in [6.07, 6.45) is 4.30. The lowest BCUT2D eigenvalue weighted by atomic mass is 9.70. The van der Waals surface area contributed by atoms with Crippen LogP contribution in [-0.2, 0) is 9.59 Å². The van der Waals surface area contributed by atoms with Crippen molar-refractivity contribution in [1.82, 2.24) is 5.32 Å². The molecular weight excluding hydrogens is 234 g/mol. The molecule has 1 unspecified atom stereocenters. The summed E-state index contributed by atoms with van der Waals surface area (Å²) in [6, 6.07) is 0.0801. The van der Waals surface area contributed by atoms with Crippen molar-refractivity contribution in [3.05, 3.63) is 0 Å². The third-order valence-electron chi connectivity index (χ3n) is 5.09. The molecular formula is C13H19NO4. The van der Waals surface area contributed by atoms with Crippen molar-refractivity contribution in [3.8, 4) is 0 Å². The van der Waals surface area contributed by atoms with Crippen LogP contribution >= 0.6 is 0 Å². The Bertz CT molecular complexity index is 390. The Morgan fingerprint density at radius 1 is 1.17 bits per heavy atom. The smallest absolute Gasteiger partial charge is 0.306 e. The molecule has 5 nitrogen and oxygen atoms in total. The Kier molecular flexibility index (Phi) is 2.62. The Hall–Kier alpha value is -1.10. The highest BCUT2D eigenvalue weighted by Crippen LogP contribution is 2.50. The van der Waals surface area contributed by atoms with Gasteiger partial charge in [-0.1, -0.05) is 0 Å². The summed E-state index contributed by atoms with van der Waals surface area (Å²) in [7, 11) is 0. The number of carboxylic acid groups (broad SMARTS) is 1. The molecule has 0 saturated heterocycles. The summed E-state index contributed by atoms with van der Waals surface area (Å²) >= 11 is 0. The van der Waals surface area contributed by atoms with Gasteiger partial charge < -0.3 is 15.5 Å². The van der Waals surface area contributed by atoms with Crippen LogP contribution in [0.2, 0.25) is 0 Å². The van der Waals surface area contributed by atoms with E-state index in [9.17, 15) is 14.7 Å². The Balaban J connectivity index is 1.54. The molecule has 3 rings (SSSR count). The summed E-state index contributed by atoms with van der Waals surface area (Å²) in [5, 5.41) is 21.8. The summed E-state index contributed by atoms with van der Waals surface area (Å²) in [5.41, 5.74) is -1.14. The van der Waals surface area contributed by atoms with E-state index in [4.69, 9.17) is 5.11 Å². The molecule has 0 heterocycles. The highest BCUT2D eigenvalue weighted by atomic mass is 16.4. The number of aliphatic hydroxyl groups is 1. The molecule has 100 valence electrons. The van der Waals surface area contributed by atoms with E-state index in [1.54, 1.807) is 0 Å². The quantitative estimate of drug-likeness (QED) is 0.684. The molecule has 3 saturated carbocycles. The third kappa shape index (κ3) is 1.72. The van der Waals surface area contributed by atoms with E-state index in [0.717, 1.165) is 19.3 Å². The third-order valence-corrected chi connectivity index (χ3v) is 5.09. The lowest BCUT2D eigenvalue weighted by molar-refractivity contribution is -0.151. The summed E-state index contributed by atoms with van der Waals surface area (Å²) < 4.78 is 0. The SMILES string of the molecule is O=C(O)C1C[C@@H]2C[C@H](NC(=O)C3(O)CCC3)[C@@H]2C1. The second kappa shape index (κ2) is 3.95. The number of fused-ring (bicyclic) bond motifs is 1. The largest absolute Gasteiger partial charge is 0.481 e. The zero-order valence-electron chi connectivity index (χ0n) is 10.3. The standard InChI is InChI=1S/C13H19NO4/c15-11(16)8-4-7-6-10(9(7)5-8)14-12(17)13(18)2-1-3-13/h7-10,18H,1-6H2,(H,14,17)(H,15,16)/t7-,8?,9-,10+/m1/s1. The fraction of sp³-hybridized carbons (Fsp3) is 0.846. The van der Waals surface area contributed by atoms with E-state index in [2.05, 4.69) is 5.32 Å². The van der Waals surface area contributed by atoms with Crippen LogP contribution in [0.4, 0.5) is 0 Å². The van der Waals surface area contributed by atoms with Crippen molar-refractivity contribution < 1.29 is 19.8 Å². The van der Waals surface area contributed by atoms with Gasteiger partial charge in [-0.2, -0.15) is 0 Å². The van der Waals surface area contributed by atoms with Crippen LogP contribution in [0.5, 0.6) is 0 Å². The van der Waals surface area contributed by atoms with Crippen molar-refractivity contribution in [3.63, 3.8) is 0 Å². The van der Waals surface area contributed by atoms with Gasteiger partial charge in [-0.25, -0.2) is 0 Å². The minimum absolute atomic E-state index is 0.0801. The normalized spacial score (nSPS) is 40.3. The average Bonchev–Trinajstić information content (AvgIpc) is 2.60. The van der Waals surface area contributed by atoms with E-state index in [0.29, 0.717) is 31.1 Å². The molecule has 0 aliphatic heterocycles. The van der Waals surface area contributed by atoms with Gasteiger partial charge in [-0.15, -0.1) is 0 Å². The molecule has 18 heavy (non-hydrogen) atoms. The Labute approximate surface area is 106 Å². The van der Waals surface area contributed by atoms with Gasteiger partial charge in [0.05, 0.1) is 5.92 Å². The van der Waals surface area contributed by atoms with Crippen molar-refractivity contribution in [2.45, 2.75) is 50.2 Å². The number of nitrogens with one attached hydrogen (secondary N) is 1. The number of hydrogen-bond donors (Lipinski definition) is 3. The van der Waals surface area contributed by atoms with E-state index in [-0.39, 0.29) is 17.9 Å². The van der Waals surface area contributed by atoms with Gasteiger partial charge in [-0.05, 0) is 50.4 Å². The number of aliphatic carboxylic acids is 1. The fourth-order valence-corrected chi connectivity index (χ4v) is 3.64. The first kappa shape index (κ1) is 12.0.